The zero-order chi connectivity index (χ0) is 19.4. The number of rotatable bonds is 7. The first-order valence-electron chi connectivity index (χ1n) is 8.25. The second-order valence-electron chi connectivity index (χ2n) is 5.99. The Balaban J connectivity index is 1.59. The summed E-state index contributed by atoms with van der Waals surface area (Å²) in [5.74, 6) is 0.576. The highest BCUT2D eigenvalue weighted by Crippen LogP contribution is 2.22. The molecular formula is C18H19FN4O3S. The van der Waals surface area contributed by atoms with Crippen LogP contribution in [0.3, 0.4) is 0 Å². The number of halogens is 1. The molecule has 7 nitrogen and oxygen atoms in total. The fraction of sp³-hybridized carbons (Fsp3) is 0.222. The molecule has 0 bridgehead atoms. The molecule has 3 rings (SSSR count). The van der Waals surface area contributed by atoms with Crippen LogP contribution < -0.4 is 10.0 Å². The van der Waals surface area contributed by atoms with Crippen molar-refractivity contribution < 1.29 is 17.3 Å². The van der Waals surface area contributed by atoms with Gasteiger partial charge >= 0.3 is 0 Å². The Morgan fingerprint density at radius 3 is 2.44 bits per heavy atom. The van der Waals surface area contributed by atoms with Crippen LogP contribution in [-0.2, 0) is 16.4 Å². The van der Waals surface area contributed by atoms with Gasteiger partial charge in [-0.25, -0.2) is 17.8 Å². The first kappa shape index (κ1) is 18.8. The highest BCUT2D eigenvalue weighted by molar-refractivity contribution is 7.92. The van der Waals surface area contributed by atoms with Crippen LogP contribution in [0.25, 0.3) is 0 Å². The standard InChI is InChI=1S/C18H19FN4O3S/c1-12-18(13(2)26-22-12)27(24,25)23-16-7-8-17(21-11-16)20-10-9-14-3-5-15(19)6-4-14/h3-8,11,23H,9-10H2,1-2H3,(H,20,21). The van der Waals surface area contributed by atoms with Crippen molar-refractivity contribution in [3.8, 4) is 0 Å². The molecule has 27 heavy (non-hydrogen) atoms. The van der Waals surface area contributed by atoms with Gasteiger partial charge in [-0.1, -0.05) is 17.3 Å². The maximum absolute atomic E-state index is 12.9. The number of anilines is 2. The van der Waals surface area contributed by atoms with Crippen molar-refractivity contribution in [2.75, 3.05) is 16.6 Å². The van der Waals surface area contributed by atoms with Crippen molar-refractivity contribution in [3.63, 3.8) is 0 Å². The van der Waals surface area contributed by atoms with Gasteiger partial charge < -0.3 is 9.84 Å². The third kappa shape index (κ3) is 4.62. The van der Waals surface area contributed by atoms with Crippen molar-refractivity contribution >= 4 is 21.5 Å². The van der Waals surface area contributed by atoms with Crippen LogP contribution in [0.4, 0.5) is 15.9 Å². The minimum Gasteiger partial charge on any atom is -0.370 e. The zero-order valence-corrected chi connectivity index (χ0v) is 15.7. The van der Waals surface area contributed by atoms with E-state index in [0.717, 1.165) is 5.56 Å². The number of pyridine rings is 1. The molecule has 2 N–H and O–H groups in total. The van der Waals surface area contributed by atoms with Crippen molar-refractivity contribution in [2.45, 2.75) is 25.2 Å². The summed E-state index contributed by atoms with van der Waals surface area (Å²) in [7, 11) is -3.80. The molecule has 0 atom stereocenters. The Hall–Kier alpha value is -2.94. The third-order valence-electron chi connectivity index (χ3n) is 3.89. The lowest BCUT2D eigenvalue weighted by Crippen LogP contribution is -2.15. The van der Waals surface area contributed by atoms with Crippen LogP contribution in [0.2, 0.25) is 0 Å². The molecule has 0 radical (unpaired) electrons. The largest absolute Gasteiger partial charge is 0.370 e. The molecule has 142 valence electrons. The number of aryl methyl sites for hydroxylation is 2. The van der Waals surface area contributed by atoms with E-state index in [2.05, 4.69) is 20.2 Å². The van der Waals surface area contributed by atoms with Crippen LogP contribution in [0, 0.1) is 19.7 Å². The first-order chi connectivity index (χ1) is 12.8. The number of sulfonamides is 1. The van der Waals surface area contributed by atoms with Crippen molar-refractivity contribution in [2.24, 2.45) is 0 Å². The summed E-state index contributed by atoms with van der Waals surface area (Å²) in [5, 5.41) is 6.80. The van der Waals surface area contributed by atoms with Crippen LogP contribution in [0.5, 0.6) is 0 Å². The minimum atomic E-state index is -3.80. The van der Waals surface area contributed by atoms with Gasteiger partial charge in [0.05, 0.1) is 11.9 Å². The number of benzene rings is 1. The van der Waals surface area contributed by atoms with Crippen molar-refractivity contribution in [1.29, 1.82) is 0 Å². The minimum absolute atomic E-state index is 0.0315. The quantitative estimate of drug-likeness (QED) is 0.643. The lowest BCUT2D eigenvalue weighted by Gasteiger charge is -2.09. The summed E-state index contributed by atoms with van der Waals surface area (Å²) in [5.41, 5.74) is 1.64. The molecule has 0 saturated heterocycles. The van der Waals surface area contributed by atoms with Gasteiger partial charge in [-0.2, -0.15) is 0 Å². The molecule has 1 aromatic carbocycles. The van der Waals surface area contributed by atoms with E-state index in [1.807, 2.05) is 0 Å². The van der Waals surface area contributed by atoms with Gasteiger partial charge in [-0.05, 0) is 50.1 Å². The molecule has 0 unspecified atom stereocenters. The van der Waals surface area contributed by atoms with Gasteiger partial charge in [-0.15, -0.1) is 0 Å². The summed E-state index contributed by atoms with van der Waals surface area (Å²) in [6.07, 6.45) is 2.14. The molecule has 2 heterocycles. The van der Waals surface area contributed by atoms with Crippen LogP contribution >= 0.6 is 0 Å². The second kappa shape index (κ2) is 7.75. The predicted molar refractivity (Wildman–Crippen MR) is 99.6 cm³/mol. The van der Waals surface area contributed by atoms with E-state index >= 15 is 0 Å². The molecule has 0 amide bonds. The van der Waals surface area contributed by atoms with E-state index in [4.69, 9.17) is 4.52 Å². The predicted octanol–water partition coefficient (Wildman–Crippen LogP) is 3.28. The second-order valence-corrected chi connectivity index (χ2v) is 7.61. The smallest absolute Gasteiger partial charge is 0.267 e. The van der Waals surface area contributed by atoms with Gasteiger partial charge in [0.1, 0.15) is 17.3 Å². The highest BCUT2D eigenvalue weighted by Gasteiger charge is 2.24. The number of nitrogens with zero attached hydrogens (tertiary/aromatic N) is 2. The molecule has 0 saturated carbocycles. The summed E-state index contributed by atoms with van der Waals surface area (Å²) in [6.45, 7) is 3.72. The fourth-order valence-corrected chi connectivity index (χ4v) is 3.98. The highest BCUT2D eigenvalue weighted by atomic mass is 32.2. The number of nitrogens with one attached hydrogen (secondary N) is 2. The molecule has 9 heteroatoms. The molecule has 0 aliphatic heterocycles. The molecular weight excluding hydrogens is 371 g/mol. The van der Waals surface area contributed by atoms with Crippen molar-refractivity contribution in [3.05, 3.63) is 65.4 Å². The van der Waals surface area contributed by atoms with Crippen LogP contribution in [0.1, 0.15) is 17.0 Å². The van der Waals surface area contributed by atoms with Gasteiger partial charge in [-0.3, -0.25) is 4.72 Å². The molecule has 3 aromatic rings. The lowest BCUT2D eigenvalue weighted by molar-refractivity contribution is 0.390. The van der Waals surface area contributed by atoms with E-state index in [0.29, 0.717) is 30.2 Å². The monoisotopic (exact) mass is 390 g/mol. The Bertz CT molecular complexity index is 996. The Kier molecular flexibility index (Phi) is 5.41. The number of hydrogen-bond acceptors (Lipinski definition) is 6. The lowest BCUT2D eigenvalue weighted by atomic mass is 10.1. The number of hydrogen-bond donors (Lipinski definition) is 2. The van der Waals surface area contributed by atoms with Gasteiger partial charge in [0.2, 0.25) is 0 Å². The summed E-state index contributed by atoms with van der Waals surface area (Å²) < 4.78 is 45.2. The van der Waals surface area contributed by atoms with E-state index in [1.165, 1.54) is 18.3 Å². The third-order valence-corrected chi connectivity index (χ3v) is 5.51. The Morgan fingerprint density at radius 2 is 1.85 bits per heavy atom. The van der Waals surface area contributed by atoms with Crippen molar-refractivity contribution in [1.82, 2.24) is 10.1 Å². The van der Waals surface area contributed by atoms with Crippen LogP contribution in [-0.4, -0.2) is 25.1 Å². The fourth-order valence-electron chi connectivity index (χ4n) is 2.61. The summed E-state index contributed by atoms with van der Waals surface area (Å²) >= 11 is 0. The first-order valence-corrected chi connectivity index (χ1v) is 9.73. The maximum atomic E-state index is 12.9. The van der Waals surface area contributed by atoms with E-state index < -0.39 is 10.0 Å². The Labute approximate surface area is 156 Å². The summed E-state index contributed by atoms with van der Waals surface area (Å²) in [4.78, 5) is 4.23. The number of aromatic nitrogens is 2. The molecule has 0 spiro atoms. The average Bonchev–Trinajstić information content (AvgIpc) is 2.97. The summed E-state index contributed by atoms with van der Waals surface area (Å²) in [6, 6.07) is 9.60. The van der Waals surface area contributed by atoms with Gasteiger partial charge in [0.25, 0.3) is 10.0 Å². The van der Waals surface area contributed by atoms with Gasteiger partial charge in [0, 0.05) is 6.54 Å². The Morgan fingerprint density at radius 1 is 1.11 bits per heavy atom. The average molecular weight is 390 g/mol. The van der Waals surface area contributed by atoms with Crippen LogP contribution in [0.15, 0.2) is 52.0 Å². The zero-order valence-electron chi connectivity index (χ0n) is 14.9. The van der Waals surface area contributed by atoms with E-state index in [-0.39, 0.29) is 16.5 Å². The molecule has 0 aliphatic rings. The SMILES string of the molecule is Cc1noc(C)c1S(=O)(=O)Nc1ccc(NCCc2ccc(F)cc2)nc1. The molecule has 0 aliphatic carbocycles. The van der Waals surface area contributed by atoms with E-state index in [1.54, 1.807) is 38.1 Å². The molecule has 0 fully saturated rings. The maximum Gasteiger partial charge on any atom is 0.267 e. The normalized spacial score (nSPS) is 11.4. The molecule has 2 aromatic heterocycles. The topological polar surface area (TPSA) is 97.1 Å². The van der Waals surface area contributed by atoms with E-state index in [9.17, 15) is 12.8 Å². The van der Waals surface area contributed by atoms with Gasteiger partial charge in [0.15, 0.2) is 10.7 Å².